The molecule has 0 bridgehead atoms. The van der Waals surface area contributed by atoms with Gasteiger partial charge in [-0.05, 0) is 32.9 Å². The number of alkyl carbamates (subject to hydrolysis) is 1. The van der Waals surface area contributed by atoms with E-state index < -0.39 is 29.9 Å². The Hall–Kier alpha value is -2.06. The van der Waals surface area contributed by atoms with Crippen LogP contribution in [-0.2, 0) is 9.47 Å². The van der Waals surface area contributed by atoms with Crippen molar-refractivity contribution >= 4 is 12.1 Å². The summed E-state index contributed by atoms with van der Waals surface area (Å²) >= 11 is 0. The summed E-state index contributed by atoms with van der Waals surface area (Å²) in [6.45, 7) is 4.86. The minimum absolute atomic E-state index is 0.0149. The van der Waals surface area contributed by atoms with Crippen LogP contribution in [0.2, 0.25) is 0 Å². The maximum absolute atomic E-state index is 11.4. The average molecular weight is 315 g/mol. The second-order valence-electron chi connectivity index (χ2n) is 5.59. The largest absolute Gasteiger partial charge is 0.463 e. The molecule has 1 heterocycles. The third-order valence-electron chi connectivity index (χ3n) is 2.52. The van der Waals surface area contributed by atoms with Crippen molar-refractivity contribution in [1.82, 2.24) is 5.32 Å². The zero-order chi connectivity index (χ0) is 16.9. The predicted octanol–water partition coefficient (Wildman–Crippen LogP) is 0.985. The summed E-state index contributed by atoms with van der Waals surface area (Å²) in [6.07, 6.45) is -3.45. The maximum Gasteiger partial charge on any atom is 0.407 e. The van der Waals surface area contributed by atoms with Gasteiger partial charge in [-0.15, -0.1) is 0 Å². The molecule has 124 valence electrons. The van der Waals surface area contributed by atoms with Crippen LogP contribution >= 0.6 is 0 Å². The monoisotopic (exact) mass is 315 g/mol. The van der Waals surface area contributed by atoms with Crippen molar-refractivity contribution in [3.8, 4) is 0 Å². The van der Waals surface area contributed by atoms with Crippen molar-refractivity contribution in [2.45, 2.75) is 38.6 Å². The average Bonchev–Trinajstić information content (AvgIpc) is 2.90. The SMILES string of the molecule is COC(=O)c1ccc(C(O)C(O)CNC(=O)OC(C)(C)C)o1. The molecule has 1 rings (SSSR count). The fourth-order valence-electron chi connectivity index (χ4n) is 1.53. The molecular weight excluding hydrogens is 294 g/mol. The van der Waals surface area contributed by atoms with Gasteiger partial charge in [-0.2, -0.15) is 0 Å². The summed E-state index contributed by atoms with van der Waals surface area (Å²) in [5, 5.41) is 22.1. The third kappa shape index (κ3) is 5.38. The quantitative estimate of drug-likeness (QED) is 0.693. The lowest BCUT2D eigenvalue weighted by Gasteiger charge is -2.21. The number of carbonyl (C=O) groups excluding carboxylic acids is 2. The van der Waals surface area contributed by atoms with Crippen LogP contribution in [0.3, 0.4) is 0 Å². The topological polar surface area (TPSA) is 118 Å². The molecule has 2 unspecified atom stereocenters. The van der Waals surface area contributed by atoms with Gasteiger partial charge in [0, 0.05) is 6.54 Å². The van der Waals surface area contributed by atoms with Gasteiger partial charge in [0.2, 0.25) is 5.76 Å². The first-order valence-electron chi connectivity index (χ1n) is 6.65. The molecule has 0 aliphatic rings. The van der Waals surface area contributed by atoms with Crippen LogP contribution in [0.25, 0.3) is 0 Å². The summed E-state index contributed by atoms with van der Waals surface area (Å²) in [4.78, 5) is 22.7. The van der Waals surface area contributed by atoms with Crippen LogP contribution in [0.15, 0.2) is 16.5 Å². The Kier molecular flexibility index (Phi) is 5.95. The van der Waals surface area contributed by atoms with Gasteiger partial charge in [0.1, 0.15) is 23.6 Å². The van der Waals surface area contributed by atoms with Crippen molar-refractivity contribution in [2.75, 3.05) is 13.7 Å². The van der Waals surface area contributed by atoms with E-state index >= 15 is 0 Å². The van der Waals surface area contributed by atoms with Crippen molar-refractivity contribution < 1.29 is 33.7 Å². The maximum atomic E-state index is 11.4. The highest BCUT2D eigenvalue weighted by Crippen LogP contribution is 2.20. The fraction of sp³-hybridized carbons (Fsp3) is 0.571. The molecule has 8 heteroatoms. The first kappa shape index (κ1) is 18.0. The molecule has 0 radical (unpaired) electrons. The Bertz CT molecular complexity index is 518. The zero-order valence-electron chi connectivity index (χ0n) is 13.0. The number of nitrogens with one attached hydrogen (secondary N) is 1. The number of ether oxygens (including phenoxy) is 2. The van der Waals surface area contributed by atoms with Crippen molar-refractivity contribution in [3.63, 3.8) is 0 Å². The van der Waals surface area contributed by atoms with Gasteiger partial charge in [0.05, 0.1) is 7.11 Å². The standard InChI is InChI=1S/C14H21NO7/c1-14(2,3)22-13(19)15-7-8(16)11(17)9-5-6-10(21-9)12(18)20-4/h5-6,8,11,16-17H,7H2,1-4H3,(H,15,19). The van der Waals surface area contributed by atoms with E-state index in [-0.39, 0.29) is 18.1 Å². The number of carbonyl (C=O) groups is 2. The molecule has 0 fully saturated rings. The van der Waals surface area contributed by atoms with E-state index in [0.29, 0.717) is 0 Å². The van der Waals surface area contributed by atoms with Crippen LogP contribution < -0.4 is 5.32 Å². The van der Waals surface area contributed by atoms with Crippen LogP contribution in [0, 0.1) is 0 Å². The molecule has 1 aromatic heterocycles. The lowest BCUT2D eigenvalue weighted by atomic mass is 10.1. The lowest BCUT2D eigenvalue weighted by Crippen LogP contribution is -2.38. The van der Waals surface area contributed by atoms with Gasteiger partial charge in [0.15, 0.2) is 0 Å². The van der Waals surface area contributed by atoms with Gasteiger partial charge in [-0.1, -0.05) is 0 Å². The second kappa shape index (κ2) is 7.28. The highest BCUT2D eigenvalue weighted by atomic mass is 16.6. The smallest absolute Gasteiger partial charge is 0.407 e. The summed E-state index contributed by atoms with van der Waals surface area (Å²) in [5.41, 5.74) is -0.663. The minimum atomic E-state index is -1.41. The van der Waals surface area contributed by atoms with E-state index in [1.807, 2.05) is 0 Å². The fourth-order valence-corrected chi connectivity index (χ4v) is 1.53. The number of aliphatic hydroxyl groups is 2. The number of hydrogen-bond acceptors (Lipinski definition) is 7. The number of hydrogen-bond donors (Lipinski definition) is 3. The molecule has 0 saturated heterocycles. The second-order valence-corrected chi connectivity index (χ2v) is 5.59. The molecule has 0 aliphatic heterocycles. The van der Waals surface area contributed by atoms with E-state index in [0.717, 1.165) is 0 Å². The van der Waals surface area contributed by atoms with E-state index in [2.05, 4.69) is 10.1 Å². The number of methoxy groups -OCH3 is 1. The highest BCUT2D eigenvalue weighted by molar-refractivity contribution is 5.86. The molecule has 3 N–H and O–H groups in total. The minimum Gasteiger partial charge on any atom is -0.463 e. The molecule has 0 spiro atoms. The van der Waals surface area contributed by atoms with E-state index in [1.54, 1.807) is 20.8 Å². The normalized spacial score (nSPS) is 14.1. The summed E-state index contributed by atoms with van der Waals surface area (Å²) in [5.74, 6) is -0.803. The number of esters is 1. The van der Waals surface area contributed by atoms with Gasteiger partial charge >= 0.3 is 12.1 Å². The van der Waals surface area contributed by atoms with Gasteiger partial charge < -0.3 is 29.4 Å². The Morgan fingerprint density at radius 3 is 2.50 bits per heavy atom. The first-order chi connectivity index (χ1) is 10.1. The molecule has 8 nitrogen and oxygen atoms in total. The van der Waals surface area contributed by atoms with Gasteiger partial charge in [-0.25, -0.2) is 9.59 Å². The van der Waals surface area contributed by atoms with Crippen LogP contribution in [0.5, 0.6) is 0 Å². The van der Waals surface area contributed by atoms with E-state index in [9.17, 15) is 19.8 Å². The number of amides is 1. The Balaban J connectivity index is 2.54. The number of furan rings is 1. The molecule has 22 heavy (non-hydrogen) atoms. The van der Waals surface area contributed by atoms with Gasteiger partial charge in [-0.3, -0.25) is 0 Å². The predicted molar refractivity (Wildman–Crippen MR) is 75.3 cm³/mol. The highest BCUT2D eigenvalue weighted by Gasteiger charge is 2.25. The van der Waals surface area contributed by atoms with Crippen molar-refractivity contribution in [2.24, 2.45) is 0 Å². The van der Waals surface area contributed by atoms with E-state index in [1.165, 1.54) is 19.2 Å². The molecule has 0 aromatic carbocycles. The van der Waals surface area contributed by atoms with Gasteiger partial charge in [0.25, 0.3) is 0 Å². The van der Waals surface area contributed by atoms with Crippen LogP contribution in [0.1, 0.15) is 43.2 Å². The van der Waals surface area contributed by atoms with Crippen molar-refractivity contribution in [3.05, 3.63) is 23.7 Å². The molecular formula is C14H21NO7. The third-order valence-corrected chi connectivity index (χ3v) is 2.52. The molecule has 0 aliphatic carbocycles. The molecule has 0 saturated carbocycles. The molecule has 1 amide bonds. The zero-order valence-corrected chi connectivity index (χ0v) is 13.0. The van der Waals surface area contributed by atoms with Crippen molar-refractivity contribution in [1.29, 1.82) is 0 Å². The molecule has 2 atom stereocenters. The van der Waals surface area contributed by atoms with Crippen LogP contribution in [0.4, 0.5) is 4.79 Å². The Morgan fingerprint density at radius 2 is 1.95 bits per heavy atom. The molecule has 1 aromatic rings. The lowest BCUT2D eigenvalue weighted by molar-refractivity contribution is 0.00137. The Morgan fingerprint density at radius 1 is 1.32 bits per heavy atom. The number of rotatable bonds is 5. The Labute approximate surface area is 128 Å². The summed E-state index contributed by atoms with van der Waals surface area (Å²) < 4.78 is 14.5. The van der Waals surface area contributed by atoms with Crippen LogP contribution in [-0.4, -0.2) is 47.6 Å². The van der Waals surface area contributed by atoms with E-state index in [4.69, 9.17) is 9.15 Å². The first-order valence-corrected chi connectivity index (χ1v) is 6.65. The number of aliphatic hydroxyl groups excluding tert-OH is 2. The summed E-state index contributed by atoms with van der Waals surface area (Å²) in [6, 6.07) is 2.66. The summed E-state index contributed by atoms with van der Waals surface area (Å²) in [7, 11) is 1.19.